The van der Waals surface area contributed by atoms with Crippen molar-refractivity contribution in [1.29, 1.82) is 0 Å². The van der Waals surface area contributed by atoms with Crippen molar-refractivity contribution in [2.45, 2.75) is 32.6 Å². The number of aryl methyl sites for hydroxylation is 1. The van der Waals surface area contributed by atoms with Crippen LogP contribution in [0.15, 0.2) is 42.5 Å². The van der Waals surface area contributed by atoms with E-state index in [1.165, 1.54) is 23.5 Å². The van der Waals surface area contributed by atoms with Crippen LogP contribution in [-0.2, 0) is 17.6 Å². The van der Waals surface area contributed by atoms with E-state index in [0.29, 0.717) is 27.0 Å². The van der Waals surface area contributed by atoms with Crippen LogP contribution in [0.25, 0.3) is 0 Å². The molecule has 1 aliphatic carbocycles. The van der Waals surface area contributed by atoms with E-state index in [2.05, 4.69) is 10.6 Å². The lowest BCUT2D eigenvalue weighted by Crippen LogP contribution is -2.20. The Morgan fingerprint density at radius 1 is 1.14 bits per heavy atom. The number of thiophene rings is 1. The number of fused-ring (bicyclic) bond motifs is 1. The molecular weight excluding hydrogens is 510 g/mol. The maximum Gasteiger partial charge on any atom is 0.341 e. The molecule has 11 heteroatoms. The summed E-state index contributed by atoms with van der Waals surface area (Å²) in [6.45, 7) is 2.04. The van der Waals surface area contributed by atoms with Gasteiger partial charge in [-0.1, -0.05) is 11.6 Å². The Bertz CT molecular complexity index is 1280. The fraction of sp³-hybridized carbons (Fsp3) is 0.250. The summed E-state index contributed by atoms with van der Waals surface area (Å²) in [6, 6.07) is 10.9. The van der Waals surface area contributed by atoms with Gasteiger partial charge in [-0.15, -0.1) is 11.3 Å². The molecule has 0 atom stereocenters. The minimum Gasteiger partial charge on any atom is -0.462 e. The maximum atomic E-state index is 12.7. The molecule has 0 amide bonds. The highest BCUT2D eigenvalue weighted by atomic mass is 35.5. The number of non-ortho nitro benzene ring substituents is 1. The fourth-order valence-corrected chi connectivity index (χ4v) is 5.49. The molecule has 0 bridgehead atoms. The summed E-state index contributed by atoms with van der Waals surface area (Å²) in [7, 11) is 0. The van der Waals surface area contributed by atoms with Gasteiger partial charge < -0.3 is 20.1 Å². The van der Waals surface area contributed by atoms with Gasteiger partial charge in [-0.3, -0.25) is 10.1 Å². The van der Waals surface area contributed by atoms with Gasteiger partial charge in [-0.05, 0) is 74.7 Å². The molecule has 0 radical (unpaired) electrons. The van der Waals surface area contributed by atoms with E-state index in [4.69, 9.17) is 33.3 Å². The third-order valence-corrected chi connectivity index (χ3v) is 6.95. The van der Waals surface area contributed by atoms with Crippen LogP contribution in [0.1, 0.15) is 40.6 Å². The van der Waals surface area contributed by atoms with Crippen LogP contribution >= 0.6 is 35.2 Å². The van der Waals surface area contributed by atoms with E-state index in [0.717, 1.165) is 36.1 Å². The molecular formula is C24H22ClN3O5S2. The number of carbonyl (C=O) groups is 1. The highest BCUT2D eigenvalue weighted by molar-refractivity contribution is 7.80. The number of nitrogens with one attached hydrogen (secondary N) is 2. The van der Waals surface area contributed by atoms with Crippen molar-refractivity contribution in [2.75, 3.05) is 17.2 Å². The van der Waals surface area contributed by atoms with Crippen LogP contribution in [0.4, 0.5) is 16.4 Å². The Morgan fingerprint density at radius 3 is 2.60 bits per heavy atom. The zero-order chi connectivity index (χ0) is 24.9. The summed E-state index contributed by atoms with van der Waals surface area (Å²) in [4.78, 5) is 24.8. The summed E-state index contributed by atoms with van der Waals surface area (Å²) in [5.74, 6) is 0.349. The van der Waals surface area contributed by atoms with E-state index in [1.807, 2.05) is 0 Å². The van der Waals surface area contributed by atoms with Gasteiger partial charge in [0.25, 0.3) is 5.69 Å². The first-order chi connectivity index (χ1) is 16.8. The number of halogens is 1. The molecule has 0 aliphatic heterocycles. The van der Waals surface area contributed by atoms with E-state index in [-0.39, 0.29) is 29.1 Å². The van der Waals surface area contributed by atoms with Gasteiger partial charge in [0.15, 0.2) is 5.11 Å². The van der Waals surface area contributed by atoms with Gasteiger partial charge in [0.05, 0.1) is 28.8 Å². The number of nitro benzene ring substituents is 1. The highest BCUT2D eigenvalue weighted by Crippen LogP contribution is 2.39. The number of nitrogens with zero attached hydrogens (tertiary/aromatic N) is 1. The molecule has 0 unspecified atom stereocenters. The average molecular weight is 532 g/mol. The van der Waals surface area contributed by atoms with Crippen molar-refractivity contribution in [3.63, 3.8) is 0 Å². The Morgan fingerprint density at radius 2 is 1.89 bits per heavy atom. The largest absolute Gasteiger partial charge is 0.462 e. The Kier molecular flexibility index (Phi) is 7.84. The summed E-state index contributed by atoms with van der Waals surface area (Å²) in [5, 5.41) is 18.9. The standard InChI is InChI=1S/C24H22ClN3O5S2/c1-2-32-23(29)21-19-5-3-4-6-20(19)35-22(21)27-24(34)26-15-11-16(28(30)31)13-18(12-15)33-17-9-7-14(25)8-10-17/h7-13H,2-6H2,1H3,(H2,26,27,34). The van der Waals surface area contributed by atoms with Crippen molar-refractivity contribution >= 4 is 62.6 Å². The Hall–Kier alpha value is -3.21. The zero-order valence-electron chi connectivity index (χ0n) is 18.8. The van der Waals surface area contributed by atoms with Crippen molar-refractivity contribution in [3.05, 3.63) is 73.6 Å². The number of anilines is 2. The molecule has 4 rings (SSSR count). The van der Waals surface area contributed by atoms with E-state index in [1.54, 1.807) is 37.3 Å². The molecule has 1 aromatic heterocycles. The van der Waals surface area contributed by atoms with Crippen LogP contribution in [0.2, 0.25) is 5.02 Å². The summed E-state index contributed by atoms with van der Waals surface area (Å²) in [6.07, 6.45) is 3.81. The first kappa shape index (κ1) is 24.9. The topological polar surface area (TPSA) is 103 Å². The summed E-state index contributed by atoms with van der Waals surface area (Å²) in [5.41, 5.74) is 1.72. The Labute approximate surface area is 216 Å². The van der Waals surface area contributed by atoms with Crippen LogP contribution in [-0.4, -0.2) is 22.6 Å². The normalized spacial score (nSPS) is 12.4. The van der Waals surface area contributed by atoms with Crippen molar-refractivity contribution < 1.29 is 19.2 Å². The van der Waals surface area contributed by atoms with Crippen molar-refractivity contribution in [2.24, 2.45) is 0 Å². The summed E-state index contributed by atoms with van der Waals surface area (Å²) < 4.78 is 11.1. The minimum absolute atomic E-state index is 0.166. The quantitative estimate of drug-likeness (QED) is 0.146. The minimum atomic E-state index is -0.511. The van der Waals surface area contributed by atoms with Gasteiger partial charge in [-0.25, -0.2) is 4.79 Å². The maximum absolute atomic E-state index is 12.7. The second-order valence-corrected chi connectivity index (χ2v) is 9.69. The first-order valence-electron chi connectivity index (χ1n) is 11.0. The lowest BCUT2D eigenvalue weighted by atomic mass is 9.95. The van der Waals surface area contributed by atoms with Crippen LogP contribution in [0, 0.1) is 10.1 Å². The third kappa shape index (κ3) is 6.08. The monoisotopic (exact) mass is 531 g/mol. The van der Waals surface area contributed by atoms with Crippen LogP contribution in [0.5, 0.6) is 11.5 Å². The molecule has 182 valence electrons. The molecule has 0 spiro atoms. The van der Waals surface area contributed by atoms with E-state index >= 15 is 0 Å². The first-order valence-corrected chi connectivity index (χ1v) is 12.6. The average Bonchev–Trinajstić information content (AvgIpc) is 3.18. The van der Waals surface area contributed by atoms with Gasteiger partial charge in [0.1, 0.15) is 16.5 Å². The highest BCUT2D eigenvalue weighted by Gasteiger charge is 2.27. The molecule has 1 aliphatic rings. The van der Waals surface area contributed by atoms with Crippen LogP contribution in [0.3, 0.4) is 0 Å². The molecule has 35 heavy (non-hydrogen) atoms. The third-order valence-electron chi connectivity index (χ3n) is 5.29. The predicted octanol–water partition coefficient (Wildman–Crippen LogP) is 6.97. The lowest BCUT2D eigenvalue weighted by Gasteiger charge is -2.14. The lowest BCUT2D eigenvalue weighted by molar-refractivity contribution is -0.384. The van der Waals surface area contributed by atoms with Gasteiger partial charge in [0, 0.05) is 22.0 Å². The van der Waals surface area contributed by atoms with E-state index < -0.39 is 4.92 Å². The number of ether oxygens (including phenoxy) is 2. The van der Waals surface area contributed by atoms with Gasteiger partial charge in [-0.2, -0.15) is 0 Å². The number of hydrogen-bond donors (Lipinski definition) is 2. The molecule has 1 heterocycles. The smallest absolute Gasteiger partial charge is 0.341 e. The van der Waals surface area contributed by atoms with Crippen molar-refractivity contribution in [1.82, 2.24) is 0 Å². The molecule has 2 aromatic carbocycles. The number of nitro groups is 1. The number of esters is 1. The predicted molar refractivity (Wildman–Crippen MR) is 141 cm³/mol. The van der Waals surface area contributed by atoms with E-state index in [9.17, 15) is 14.9 Å². The van der Waals surface area contributed by atoms with Gasteiger partial charge >= 0.3 is 5.97 Å². The second-order valence-electron chi connectivity index (χ2n) is 7.74. The second kappa shape index (κ2) is 11.0. The number of rotatable bonds is 7. The molecule has 3 aromatic rings. The molecule has 8 nitrogen and oxygen atoms in total. The molecule has 0 saturated carbocycles. The molecule has 0 saturated heterocycles. The Balaban J connectivity index is 1.56. The molecule has 2 N–H and O–H groups in total. The SMILES string of the molecule is CCOC(=O)c1c(NC(=S)Nc2cc(Oc3ccc(Cl)cc3)cc([N+](=O)[O-])c2)sc2c1CCCC2. The summed E-state index contributed by atoms with van der Waals surface area (Å²) >= 11 is 12.9. The molecule has 0 fully saturated rings. The number of benzene rings is 2. The fourth-order valence-electron chi connectivity index (χ4n) is 3.80. The number of thiocarbonyl (C=S) groups is 1. The van der Waals surface area contributed by atoms with Gasteiger partial charge in [0.2, 0.25) is 0 Å². The number of carbonyl (C=O) groups excluding carboxylic acids is 1. The van der Waals surface area contributed by atoms with Crippen LogP contribution < -0.4 is 15.4 Å². The zero-order valence-corrected chi connectivity index (χ0v) is 21.1. The van der Waals surface area contributed by atoms with Crippen molar-refractivity contribution in [3.8, 4) is 11.5 Å². The number of hydrogen-bond acceptors (Lipinski definition) is 7.